The number of rotatable bonds is 7. The van der Waals surface area contributed by atoms with Crippen LogP contribution in [-0.2, 0) is 20.7 Å². The second-order valence-corrected chi connectivity index (χ2v) is 10.7. The van der Waals surface area contributed by atoms with Gasteiger partial charge in [0.05, 0.1) is 30.4 Å². The molecule has 2 fully saturated rings. The standard InChI is InChI=1S/C31H32FN5O4/c1-20(38)33-18-24-19-37(31(40)41-24)23-10-11-29(27(32)17-23)36-14-12-35(13-15-36)22-8-6-21(7-9-22)16-26-25-4-2-3-5-28(25)34-30(26)39/h2-11,17,24,26H,12-16,18-19H2,1H3,(H,33,38)(H,34,39). The van der Waals surface area contributed by atoms with Crippen LogP contribution in [0.4, 0.5) is 31.9 Å². The fourth-order valence-electron chi connectivity index (χ4n) is 5.78. The number of halogens is 1. The van der Waals surface area contributed by atoms with Crippen LogP contribution in [0.2, 0.25) is 0 Å². The highest BCUT2D eigenvalue weighted by molar-refractivity contribution is 6.03. The number of cyclic esters (lactones) is 1. The van der Waals surface area contributed by atoms with Gasteiger partial charge < -0.3 is 25.2 Å². The molecule has 9 nitrogen and oxygen atoms in total. The van der Waals surface area contributed by atoms with Crippen molar-refractivity contribution in [2.75, 3.05) is 59.3 Å². The van der Waals surface area contributed by atoms with Crippen LogP contribution < -0.4 is 25.3 Å². The lowest BCUT2D eigenvalue weighted by molar-refractivity contribution is -0.119. The average molecular weight is 558 g/mol. The number of ether oxygens (including phenoxy) is 1. The average Bonchev–Trinajstić information content (AvgIpc) is 3.51. The molecule has 0 saturated carbocycles. The van der Waals surface area contributed by atoms with Crippen LogP contribution in [0.3, 0.4) is 0 Å². The third-order valence-corrected chi connectivity index (χ3v) is 7.97. The first kappa shape index (κ1) is 26.6. The topological polar surface area (TPSA) is 94.2 Å². The lowest BCUT2D eigenvalue weighted by Crippen LogP contribution is -2.46. The van der Waals surface area contributed by atoms with Crippen LogP contribution >= 0.6 is 0 Å². The quantitative estimate of drug-likeness (QED) is 0.458. The molecular formula is C31H32FN5O4. The summed E-state index contributed by atoms with van der Waals surface area (Å²) in [6.07, 6.45) is -0.379. The van der Waals surface area contributed by atoms with Crippen molar-refractivity contribution in [3.05, 3.63) is 83.7 Å². The Labute approximate surface area is 237 Å². The van der Waals surface area contributed by atoms with Gasteiger partial charge in [-0.3, -0.25) is 14.5 Å². The lowest BCUT2D eigenvalue weighted by atomic mass is 9.93. The van der Waals surface area contributed by atoms with Gasteiger partial charge >= 0.3 is 6.09 Å². The van der Waals surface area contributed by atoms with Gasteiger partial charge in [0.15, 0.2) is 0 Å². The van der Waals surface area contributed by atoms with Crippen molar-refractivity contribution < 1.29 is 23.5 Å². The van der Waals surface area contributed by atoms with E-state index < -0.39 is 18.0 Å². The molecule has 3 aliphatic heterocycles. The number of piperazine rings is 1. The summed E-state index contributed by atoms with van der Waals surface area (Å²) in [7, 11) is 0. The first-order valence-corrected chi connectivity index (χ1v) is 13.9. The second kappa shape index (κ2) is 11.1. The Morgan fingerprint density at radius 2 is 1.68 bits per heavy atom. The van der Waals surface area contributed by atoms with Crippen LogP contribution in [-0.4, -0.2) is 63.3 Å². The van der Waals surface area contributed by atoms with Crippen molar-refractivity contribution in [1.29, 1.82) is 0 Å². The van der Waals surface area contributed by atoms with E-state index in [2.05, 4.69) is 39.8 Å². The van der Waals surface area contributed by atoms with Crippen molar-refractivity contribution in [3.8, 4) is 0 Å². The number of fused-ring (bicyclic) bond motifs is 1. The Morgan fingerprint density at radius 3 is 2.41 bits per heavy atom. The van der Waals surface area contributed by atoms with Crippen molar-refractivity contribution in [2.45, 2.75) is 25.4 Å². The van der Waals surface area contributed by atoms with Gasteiger partial charge in [0.2, 0.25) is 11.8 Å². The zero-order valence-electron chi connectivity index (χ0n) is 22.8. The van der Waals surface area contributed by atoms with Crippen LogP contribution in [0.15, 0.2) is 66.7 Å². The third-order valence-electron chi connectivity index (χ3n) is 7.97. The third kappa shape index (κ3) is 5.54. The van der Waals surface area contributed by atoms with Gasteiger partial charge in [0, 0.05) is 44.5 Å². The van der Waals surface area contributed by atoms with E-state index in [1.54, 1.807) is 12.1 Å². The van der Waals surface area contributed by atoms with Gasteiger partial charge in [-0.25, -0.2) is 9.18 Å². The van der Waals surface area contributed by atoms with Crippen LogP contribution in [0.1, 0.15) is 24.0 Å². The molecule has 3 aliphatic rings. The Bertz CT molecular complexity index is 1470. The molecule has 10 heteroatoms. The number of hydrogen-bond donors (Lipinski definition) is 2. The molecule has 212 valence electrons. The minimum Gasteiger partial charge on any atom is -0.442 e. The first-order valence-electron chi connectivity index (χ1n) is 13.9. The molecule has 2 atom stereocenters. The summed E-state index contributed by atoms with van der Waals surface area (Å²) in [5, 5.41) is 5.61. The lowest BCUT2D eigenvalue weighted by Gasteiger charge is -2.37. The predicted octanol–water partition coefficient (Wildman–Crippen LogP) is 3.89. The van der Waals surface area contributed by atoms with Crippen molar-refractivity contribution in [3.63, 3.8) is 0 Å². The first-order chi connectivity index (χ1) is 19.9. The number of carbonyl (C=O) groups excluding carboxylic acids is 3. The number of nitrogens with zero attached hydrogens (tertiary/aromatic N) is 3. The summed E-state index contributed by atoms with van der Waals surface area (Å²) in [5.74, 6) is -0.731. The van der Waals surface area contributed by atoms with Crippen LogP contribution in [0.5, 0.6) is 0 Å². The maximum Gasteiger partial charge on any atom is 0.414 e. The highest BCUT2D eigenvalue weighted by Crippen LogP contribution is 2.35. The van der Waals surface area contributed by atoms with Crippen molar-refractivity contribution >= 4 is 40.7 Å². The summed E-state index contributed by atoms with van der Waals surface area (Å²) >= 11 is 0. The summed E-state index contributed by atoms with van der Waals surface area (Å²) in [4.78, 5) is 41.6. The zero-order chi connectivity index (χ0) is 28.5. The molecular weight excluding hydrogens is 525 g/mol. The molecule has 0 spiro atoms. The van der Waals surface area contributed by atoms with E-state index in [1.165, 1.54) is 17.9 Å². The molecule has 41 heavy (non-hydrogen) atoms. The van der Waals surface area contributed by atoms with Gasteiger partial charge in [-0.2, -0.15) is 0 Å². The normalized spacial score (nSPS) is 20.1. The number of benzene rings is 3. The van der Waals surface area contributed by atoms with E-state index >= 15 is 4.39 Å². The maximum atomic E-state index is 15.2. The predicted molar refractivity (Wildman–Crippen MR) is 155 cm³/mol. The molecule has 0 radical (unpaired) electrons. The molecule has 2 N–H and O–H groups in total. The highest BCUT2D eigenvalue weighted by Gasteiger charge is 2.33. The minimum atomic E-state index is -0.552. The Kier molecular flexibility index (Phi) is 7.21. The summed E-state index contributed by atoms with van der Waals surface area (Å²) in [5.41, 5.74) is 5.08. The number of amides is 3. The SMILES string of the molecule is CC(=O)NCC1CN(c2ccc(N3CCN(c4ccc(CC5C(=O)Nc6ccccc65)cc4)CC3)c(F)c2)C(=O)O1. The molecule has 3 amide bonds. The molecule has 2 saturated heterocycles. The Hall–Kier alpha value is -4.60. The fraction of sp³-hybridized carbons (Fsp3) is 0.323. The summed E-state index contributed by atoms with van der Waals surface area (Å²) in [6.45, 7) is 4.65. The Morgan fingerprint density at radius 1 is 0.976 bits per heavy atom. The summed E-state index contributed by atoms with van der Waals surface area (Å²) < 4.78 is 20.5. The maximum absolute atomic E-state index is 15.2. The fourth-order valence-corrected chi connectivity index (χ4v) is 5.78. The van der Waals surface area contributed by atoms with Gasteiger partial charge in [-0.1, -0.05) is 30.3 Å². The van der Waals surface area contributed by atoms with E-state index in [1.807, 2.05) is 29.2 Å². The molecule has 3 aromatic rings. The summed E-state index contributed by atoms with van der Waals surface area (Å²) in [6, 6.07) is 21.0. The van der Waals surface area contributed by atoms with E-state index in [0.29, 0.717) is 30.9 Å². The number of hydrogen-bond acceptors (Lipinski definition) is 6. The van der Waals surface area contributed by atoms with E-state index in [9.17, 15) is 14.4 Å². The monoisotopic (exact) mass is 557 g/mol. The van der Waals surface area contributed by atoms with Gasteiger partial charge in [-0.15, -0.1) is 0 Å². The molecule has 3 heterocycles. The van der Waals surface area contributed by atoms with Crippen molar-refractivity contribution in [1.82, 2.24) is 5.32 Å². The van der Waals surface area contributed by atoms with Crippen LogP contribution in [0, 0.1) is 5.82 Å². The van der Waals surface area contributed by atoms with Gasteiger partial charge in [0.25, 0.3) is 0 Å². The second-order valence-electron chi connectivity index (χ2n) is 10.7. The van der Waals surface area contributed by atoms with Crippen LogP contribution in [0.25, 0.3) is 0 Å². The van der Waals surface area contributed by atoms with E-state index in [4.69, 9.17) is 4.74 Å². The minimum absolute atomic E-state index is 0.0400. The number of para-hydroxylation sites is 1. The van der Waals surface area contributed by atoms with E-state index in [0.717, 1.165) is 35.6 Å². The van der Waals surface area contributed by atoms with E-state index in [-0.39, 0.29) is 30.8 Å². The Balaban J connectivity index is 1.04. The largest absolute Gasteiger partial charge is 0.442 e. The van der Waals surface area contributed by atoms with Crippen molar-refractivity contribution in [2.24, 2.45) is 0 Å². The highest BCUT2D eigenvalue weighted by atomic mass is 19.1. The molecule has 0 bridgehead atoms. The molecule has 2 unspecified atom stereocenters. The van der Waals surface area contributed by atoms with Gasteiger partial charge in [0.1, 0.15) is 11.9 Å². The number of nitrogens with one attached hydrogen (secondary N) is 2. The molecule has 0 aliphatic carbocycles. The number of anilines is 4. The van der Waals surface area contributed by atoms with Gasteiger partial charge in [-0.05, 0) is 53.9 Å². The smallest absolute Gasteiger partial charge is 0.414 e. The molecule has 3 aromatic carbocycles. The molecule has 0 aromatic heterocycles. The number of carbonyl (C=O) groups is 3. The zero-order valence-corrected chi connectivity index (χ0v) is 22.8. The molecule has 6 rings (SSSR count).